The summed E-state index contributed by atoms with van der Waals surface area (Å²) < 4.78 is 5.44. The van der Waals surface area contributed by atoms with Crippen LogP contribution >= 0.6 is 11.8 Å². The lowest BCUT2D eigenvalue weighted by Gasteiger charge is -2.14. The predicted molar refractivity (Wildman–Crippen MR) is 94.3 cm³/mol. The highest BCUT2D eigenvalue weighted by molar-refractivity contribution is 8.04. The number of amides is 2. The van der Waals surface area contributed by atoms with E-state index in [-0.39, 0.29) is 11.8 Å². The van der Waals surface area contributed by atoms with E-state index in [4.69, 9.17) is 4.74 Å². The summed E-state index contributed by atoms with van der Waals surface area (Å²) in [6, 6.07) is 7.38. The van der Waals surface area contributed by atoms with Gasteiger partial charge in [0.05, 0.1) is 17.1 Å². The first-order chi connectivity index (χ1) is 11.1. The number of carbonyl (C=O) groups excluding carboxylic acids is 2. The normalized spacial score (nSPS) is 14.8. The summed E-state index contributed by atoms with van der Waals surface area (Å²) in [5, 5.41) is 0. The molecular weight excluding hydrogens is 310 g/mol. The minimum atomic E-state index is -0.177. The van der Waals surface area contributed by atoms with Crippen molar-refractivity contribution in [2.24, 2.45) is 0 Å². The van der Waals surface area contributed by atoms with Crippen molar-refractivity contribution in [3.63, 3.8) is 0 Å². The van der Waals surface area contributed by atoms with Gasteiger partial charge in [-0.3, -0.25) is 14.5 Å². The van der Waals surface area contributed by atoms with Crippen LogP contribution in [0.15, 0.2) is 29.2 Å². The number of rotatable bonds is 8. The number of ether oxygens (including phenoxy) is 1. The van der Waals surface area contributed by atoms with Gasteiger partial charge in [-0.15, -0.1) is 11.8 Å². The molecule has 1 aromatic carbocycles. The fourth-order valence-corrected chi connectivity index (χ4v) is 3.36. The van der Waals surface area contributed by atoms with Crippen LogP contribution in [-0.4, -0.2) is 35.6 Å². The van der Waals surface area contributed by atoms with E-state index >= 15 is 0 Å². The molecule has 0 saturated heterocycles. The Morgan fingerprint density at radius 1 is 1.04 bits per heavy atom. The molecule has 0 N–H and O–H groups in total. The Labute approximate surface area is 141 Å². The van der Waals surface area contributed by atoms with Crippen molar-refractivity contribution in [2.75, 3.05) is 18.9 Å². The standard InChI is InChI=1S/C18H23NO3S/c1-4-7-12-19-17(20)15(16(18(19)21)23-6-3)13-8-10-14(11-9-13)22-5-2/h8-11H,4-7,12H2,1-3H3. The maximum Gasteiger partial charge on any atom is 0.267 e. The van der Waals surface area contributed by atoms with Crippen LogP contribution in [0.5, 0.6) is 5.75 Å². The number of unbranched alkanes of at least 4 members (excludes halogenated alkanes) is 1. The van der Waals surface area contributed by atoms with Gasteiger partial charge in [-0.05, 0) is 36.8 Å². The Morgan fingerprint density at radius 2 is 1.74 bits per heavy atom. The second kappa shape index (κ2) is 8.20. The largest absolute Gasteiger partial charge is 0.494 e. The van der Waals surface area contributed by atoms with E-state index in [1.807, 2.05) is 45.0 Å². The number of benzene rings is 1. The van der Waals surface area contributed by atoms with Crippen LogP contribution in [0.1, 0.15) is 39.2 Å². The van der Waals surface area contributed by atoms with Crippen molar-refractivity contribution in [1.29, 1.82) is 0 Å². The number of thioether (sulfide) groups is 1. The van der Waals surface area contributed by atoms with Gasteiger partial charge in [-0.2, -0.15) is 0 Å². The summed E-state index contributed by atoms with van der Waals surface area (Å²) in [5.41, 5.74) is 1.31. The lowest BCUT2D eigenvalue weighted by atomic mass is 10.1. The minimum absolute atomic E-state index is 0.154. The Kier molecular flexibility index (Phi) is 6.28. The maximum atomic E-state index is 12.7. The van der Waals surface area contributed by atoms with E-state index < -0.39 is 0 Å². The molecule has 0 fully saturated rings. The van der Waals surface area contributed by atoms with E-state index in [1.54, 1.807) is 0 Å². The van der Waals surface area contributed by atoms with Gasteiger partial charge in [0, 0.05) is 6.54 Å². The van der Waals surface area contributed by atoms with E-state index in [0.717, 1.165) is 29.9 Å². The molecule has 4 nitrogen and oxygen atoms in total. The first-order valence-electron chi connectivity index (χ1n) is 8.10. The Balaban J connectivity index is 2.34. The molecule has 0 radical (unpaired) electrons. The first-order valence-corrected chi connectivity index (χ1v) is 9.09. The number of carbonyl (C=O) groups is 2. The zero-order valence-corrected chi connectivity index (χ0v) is 14.7. The summed E-state index contributed by atoms with van der Waals surface area (Å²) in [6.45, 7) is 7.05. The van der Waals surface area contributed by atoms with Crippen molar-refractivity contribution in [2.45, 2.75) is 33.6 Å². The van der Waals surface area contributed by atoms with Crippen LogP contribution in [0.2, 0.25) is 0 Å². The van der Waals surface area contributed by atoms with Gasteiger partial charge in [0.1, 0.15) is 5.75 Å². The number of imide groups is 1. The molecule has 1 heterocycles. The molecule has 1 aliphatic heterocycles. The molecule has 1 aliphatic rings. The highest BCUT2D eigenvalue weighted by Crippen LogP contribution is 2.36. The highest BCUT2D eigenvalue weighted by atomic mass is 32.2. The third-order valence-electron chi connectivity index (χ3n) is 3.60. The van der Waals surface area contributed by atoms with Crippen LogP contribution in [0.25, 0.3) is 5.57 Å². The highest BCUT2D eigenvalue weighted by Gasteiger charge is 2.38. The van der Waals surface area contributed by atoms with Crippen molar-refractivity contribution in [1.82, 2.24) is 4.90 Å². The monoisotopic (exact) mass is 333 g/mol. The fraction of sp³-hybridized carbons (Fsp3) is 0.444. The van der Waals surface area contributed by atoms with Gasteiger partial charge in [-0.25, -0.2) is 0 Å². The van der Waals surface area contributed by atoms with Gasteiger partial charge in [-0.1, -0.05) is 32.4 Å². The average molecular weight is 333 g/mol. The number of nitrogens with zero attached hydrogens (tertiary/aromatic N) is 1. The van der Waals surface area contributed by atoms with E-state index in [1.165, 1.54) is 16.7 Å². The summed E-state index contributed by atoms with van der Waals surface area (Å²) in [7, 11) is 0. The average Bonchev–Trinajstić information content (AvgIpc) is 2.78. The Bertz CT molecular complexity index is 607. The first kappa shape index (κ1) is 17.6. The number of hydrogen-bond acceptors (Lipinski definition) is 4. The summed E-state index contributed by atoms with van der Waals surface area (Å²) in [4.78, 5) is 27.2. The second-order valence-electron chi connectivity index (χ2n) is 5.21. The van der Waals surface area contributed by atoms with Crippen molar-refractivity contribution in [3.05, 3.63) is 34.7 Å². The van der Waals surface area contributed by atoms with Crippen molar-refractivity contribution >= 4 is 29.1 Å². The second-order valence-corrected chi connectivity index (χ2v) is 6.48. The molecule has 2 rings (SSSR count). The quantitative estimate of drug-likeness (QED) is 0.680. The molecule has 0 spiro atoms. The Morgan fingerprint density at radius 3 is 2.30 bits per heavy atom. The van der Waals surface area contributed by atoms with Gasteiger partial charge in [0.25, 0.3) is 11.8 Å². The van der Waals surface area contributed by atoms with E-state index in [0.29, 0.717) is 23.6 Å². The van der Waals surface area contributed by atoms with E-state index in [9.17, 15) is 9.59 Å². The maximum absolute atomic E-state index is 12.7. The summed E-state index contributed by atoms with van der Waals surface area (Å²) >= 11 is 1.44. The van der Waals surface area contributed by atoms with Crippen molar-refractivity contribution < 1.29 is 14.3 Å². The molecule has 0 unspecified atom stereocenters. The van der Waals surface area contributed by atoms with Crippen LogP contribution < -0.4 is 4.74 Å². The molecule has 0 saturated carbocycles. The number of hydrogen-bond donors (Lipinski definition) is 0. The van der Waals surface area contributed by atoms with Gasteiger partial charge in [0.2, 0.25) is 0 Å². The SMILES string of the molecule is CCCCN1C(=O)C(SCC)=C(c2ccc(OCC)cc2)C1=O. The van der Waals surface area contributed by atoms with Crippen LogP contribution in [-0.2, 0) is 9.59 Å². The third kappa shape index (κ3) is 3.78. The Hall–Kier alpha value is -1.75. The van der Waals surface area contributed by atoms with Crippen LogP contribution in [0.4, 0.5) is 0 Å². The minimum Gasteiger partial charge on any atom is -0.494 e. The van der Waals surface area contributed by atoms with E-state index in [2.05, 4.69) is 0 Å². The lowest BCUT2D eigenvalue weighted by Crippen LogP contribution is -2.32. The van der Waals surface area contributed by atoms with Crippen LogP contribution in [0.3, 0.4) is 0 Å². The molecule has 2 amide bonds. The zero-order valence-electron chi connectivity index (χ0n) is 13.9. The van der Waals surface area contributed by atoms with Gasteiger partial charge >= 0.3 is 0 Å². The smallest absolute Gasteiger partial charge is 0.267 e. The predicted octanol–water partition coefficient (Wildman–Crippen LogP) is 3.72. The fourth-order valence-electron chi connectivity index (χ4n) is 2.49. The molecule has 0 atom stereocenters. The van der Waals surface area contributed by atoms with Gasteiger partial charge < -0.3 is 4.74 Å². The topological polar surface area (TPSA) is 46.6 Å². The summed E-state index contributed by atoms with van der Waals surface area (Å²) in [6.07, 6.45) is 1.78. The molecule has 1 aromatic rings. The van der Waals surface area contributed by atoms with Crippen molar-refractivity contribution in [3.8, 4) is 5.75 Å². The van der Waals surface area contributed by atoms with Crippen LogP contribution in [0, 0.1) is 0 Å². The molecule has 0 bridgehead atoms. The summed E-state index contributed by atoms with van der Waals surface area (Å²) in [5.74, 6) is 1.19. The molecule has 5 heteroatoms. The lowest BCUT2D eigenvalue weighted by molar-refractivity contribution is -0.136. The molecular formula is C18H23NO3S. The molecule has 124 valence electrons. The molecule has 0 aromatic heterocycles. The molecule has 0 aliphatic carbocycles. The zero-order chi connectivity index (χ0) is 16.8. The van der Waals surface area contributed by atoms with Gasteiger partial charge in [0.15, 0.2) is 0 Å². The molecule has 23 heavy (non-hydrogen) atoms. The third-order valence-corrected chi connectivity index (χ3v) is 4.56.